The molecule has 0 aliphatic carbocycles. The Hall–Kier alpha value is -4.19. The molecule has 0 amide bonds. The highest BCUT2D eigenvalue weighted by Gasteiger charge is 2.19. The number of hydrogen-bond acceptors (Lipinski definition) is 6. The third-order valence-corrected chi connectivity index (χ3v) is 15.0. The van der Waals surface area contributed by atoms with Gasteiger partial charge in [-0.15, -0.1) is 0 Å². The van der Waals surface area contributed by atoms with E-state index in [0.29, 0.717) is 12.8 Å². The van der Waals surface area contributed by atoms with Crippen LogP contribution in [0.15, 0.2) is 122 Å². The minimum Gasteiger partial charge on any atom is -0.462 e. The Kier molecular flexibility index (Phi) is 66.7. The van der Waals surface area contributed by atoms with Gasteiger partial charge in [-0.05, 0) is 116 Å². The van der Waals surface area contributed by atoms with E-state index in [9.17, 15) is 14.4 Å². The first kappa shape index (κ1) is 78.8. The maximum atomic E-state index is 12.9. The molecule has 0 rings (SSSR count). The van der Waals surface area contributed by atoms with Crippen molar-refractivity contribution in [3.05, 3.63) is 122 Å². The van der Waals surface area contributed by atoms with Gasteiger partial charge in [-0.25, -0.2) is 0 Å². The largest absolute Gasteiger partial charge is 0.462 e. The van der Waals surface area contributed by atoms with E-state index in [4.69, 9.17) is 14.2 Å². The summed E-state index contributed by atoms with van der Waals surface area (Å²) < 4.78 is 16.9. The summed E-state index contributed by atoms with van der Waals surface area (Å²) in [5.41, 5.74) is 0. The average Bonchev–Trinajstić information content (AvgIpc) is 3.50. The fourth-order valence-electron chi connectivity index (χ4n) is 9.73. The molecule has 0 saturated heterocycles. The van der Waals surface area contributed by atoms with E-state index in [1.807, 2.05) is 6.08 Å². The molecule has 0 aromatic carbocycles. The van der Waals surface area contributed by atoms with Gasteiger partial charge < -0.3 is 14.2 Å². The molecule has 6 heteroatoms. The lowest BCUT2D eigenvalue weighted by molar-refractivity contribution is -0.166. The first-order chi connectivity index (χ1) is 41.0. The Morgan fingerprint density at radius 1 is 0.265 bits per heavy atom. The van der Waals surface area contributed by atoms with Crippen LogP contribution in [0.3, 0.4) is 0 Å². The molecule has 6 nitrogen and oxygen atoms in total. The molecule has 0 saturated carbocycles. The Bertz CT molecular complexity index is 1700. The highest BCUT2D eigenvalue weighted by Crippen LogP contribution is 2.17. The van der Waals surface area contributed by atoms with Crippen LogP contribution in [0.2, 0.25) is 0 Å². The van der Waals surface area contributed by atoms with E-state index in [1.54, 1.807) is 6.08 Å². The monoisotopic (exact) mass is 1150 g/mol. The van der Waals surface area contributed by atoms with E-state index in [0.717, 1.165) is 89.9 Å². The van der Waals surface area contributed by atoms with Gasteiger partial charge in [0.2, 0.25) is 0 Å². The number of esters is 3. The lowest BCUT2D eigenvalue weighted by Crippen LogP contribution is -2.30. The first-order valence-electron chi connectivity index (χ1n) is 35.0. The molecule has 0 heterocycles. The SMILES string of the molecule is CC/C=C\C/C=C\C/C=C\C/C=C\C/C=C\CC(=O)OCC(COC(=O)CCCCCCCCCCCCCCCCCC/C=C\C/C=C\C/C=C\CCCCCCC)OC(=O)CCCCCCCCCCC/C=C\C/C=C\CCCCC. The summed E-state index contributed by atoms with van der Waals surface area (Å²) in [6, 6.07) is 0. The topological polar surface area (TPSA) is 78.9 Å². The van der Waals surface area contributed by atoms with Crippen molar-refractivity contribution in [2.24, 2.45) is 0 Å². The number of unbranched alkanes of at least 4 members (excludes halogenated alkanes) is 33. The molecular weight excluding hydrogens is 1020 g/mol. The molecule has 0 aliphatic heterocycles. The lowest BCUT2D eigenvalue weighted by Gasteiger charge is -2.18. The van der Waals surface area contributed by atoms with Crippen LogP contribution >= 0.6 is 0 Å². The zero-order valence-corrected chi connectivity index (χ0v) is 54.4. The third kappa shape index (κ3) is 68.5. The summed E-state index contributed by atoms with van der Waals surface area (Å²) in [5, 5.41) is 0. The van der Waals surface area contributed by atoms with Gasteiger partial charge in [0, 0.05) is 12.8 Å². The van der Waals surface area contributed by atoms with Gasteiger partial charge in [0.15, 0.2) is 6.10 Å². The summed E-state index contributed by atoms with van der Waals surface area (Å²) in [7, 11) is 0. The normalized spacial score (nSPS) is 12.9. The zero-order valence-electron chi connectivity index (χ0n) is 54.4. The van der Waals surface area contributed by atoms with Crippen molar-refractivity contribution in [1.29, 1.82) is 0 Å². The second kappa shape index (κ2) is 70.3. The fourth-order valence-corrected chi connectivity index (χ4v) is 9.73. The number of carbonyl (C=O) groups is 3. The van der Waals surface area contributed by atoms with Crippen LogP contribution in [-0.4, -0.2) is 37.2 Å². The second-order valence-electron chi connectivity index (χ2n) is 23.1. The molecule has 474 valence electrons. The second-order valence-corrected chi connectivity index (χ2v) is 23.1. The van der Waals surface area contributed by atoms with Crippen molar-refractivity contribution in [3.63, 3.8) is 0 Å². The Morgan fingerprint density at radius 3 is 0.867 bits per heavy atom. The number of hydrogen-bond donors (Lipinski definition) is 0. The van der Waals surface area contributed by atoms with Crippen molar-refractivity contribution >= 4 is 17.9 Å². The Morgan fingerprint density at radius 2 is 0.518 bits per heavy atom. The average molecular weight is 1150 g/mol. The van der Waals surface area contributed by atoms with Gasteiger partial charge in [0.25, 0.3) is 0 Å². The fraction of sp³-hybridized carbons (Fsp3) is 0.701. The molecular formula is C77H130O6. The molecule has 0 spiro atoms. The van der Waals surface area contributed by atoms with Crippen molar-refractivity contribution in [2.75, 3.05) is 13.2 Å². The van der Waals surface area contributed by atoms with Gasteiger partial charge in [0.05, 0.1) is 6.42 Å². The van der Waals surface area contributed by atoms with Gasteiger partial charge in [-0.1, -0.05) is 316 Å². The predicted octanol–water partition coefficient (Wildman–Crippen LogP) is 24.3. The van der Waals surface area contributed by atoms with E-state index < -0.39 is 12.1 Å². The highest BCUT2D eigenvalue weighted by atomic mass is 16.6. The van der Waals surface area contributed by atoms with Crippen LogP contribution in [0.1, 0.15) is 329 Å². The number of allylic oxidation sites excluding steroid dienone is 19. The number of rotatable bonds is 63. The molecule has 0 bridgehead atoms. The third-order valence-electron chi connectivity index (χ3n) is 15.0. The van der Waals surface area contributed by atoms with Crippen molar-refractivity contribution in [1.82, 2.24) is 0 Å². The van der Waals surface area contributed by atoms with Crippen molar-refractivity contribution < 1.29 is 28.6 Å². The maximum Gasteiger partial charge on any atom is 0.309 e. The van der Waals surface area contributed by atoms with E-state index in [1.165, 1.54) is 199 Å². The summed E-state index contributed by atoms with van der Waals surface area (Å²) >= 11 is 0. The standard InChI is InChI=1S/C77H130O6/c1-4-7-10-13-16-19-22-25-28-30-32-33-34-35-36-37-38-39-40-41-42-43-45-46-49-52-55-58-61-64-67-70-76(79)82-73-74(72-81-75(78)69-66-63-60-57-54-51-48-27-24-21-18-15-12-9-6-3)83-77(80)71-68-65-62-59-56-53-50-47-44-31-29-26-23-20-17-14-11-8-5-2/h9,12,17-18,20-22,25-27,29-30,32,34-35,48,54,57,63,66,74H,4-8,10-11,13-16,19,23-24,28,31,33,36-47,49-53,55-56,58-62,64-65,67-73H2,1-3H3/b12-9-,20-17-,21-18-,25-22-,29-26-,32-30-,35-34-,48-27-,57-54-,66-63-. The van der Waals surface area contributed by atoms with E-state index >= 15 is 0 Å². The Labute approximate surface area is 513 Å². The summed E-state index contributed by atoms with van der Waals surface area (Å²) in [6.45, 7) is 6.43. The predicted molar refractivity (Wildman–Crippen MR) is 362 cm³/mol. The number of carbonyl (C=O) groups excluding carboxylic acids is 3. The van der Waals surface area contributed by atoms with Crippen LogP contribution in [-0.2, 0) is 28.6 Å². The van der Waals surface area contributed by atoms with Crippen LogP contribution in [0.5, 0.6) is 0 Å². The minimum atomic E-state index is -0.824. The maximum absolute atomic E-state index is 12.9. The summed E-state index contributed by atoms with van der Waals surface area (Å²) in [6.07, 6.45) is 98.3. The molecule has 0 fully saturated rings. The van der Waals surface area contributed by atoms with Gasteiger partial charge in [-0.2, -0.15) is 0 Å². The van der Waals surface area contributed by atoms with E-state index in [-0.39, 0.29) is 31.6 Å². The summed E-state index contributed by atoms with van der Waals surface area (Å²) in [4.78, 5) is 38.3. The molecule has 0 aromatic heterocycles. The molecule has 83 heavy (non-hydrogen) atoms. The smallest absolute Gasteiger partial charge is 0.309 e. The highest BCUT2D eigenvalue weighted by molar-refractivity contribution is 5.72. The minimum absolute atomic E-state index is 0.110. The molecule has 0 aromatic rings. The summed E-state index contributed by atoms with van der Waals surface area (Å²) in [5.74, 6) is -1.04. The van der Waals surface area contributed by atoms with Crippen LogP contribution < -0.4 is 0 Å². The van der Waals surface area contributed by atoms with Gasteiger partial charge in [-0.3, -0.25) is 14.4 Å². The molecule has 0 aliphatic rings. The quantitative estimate of drug-likeness (QED) is 0.0261. The zero-order chi connectivity index (χ0) is 59.9. The molecule has 0 radical (unpaired) electrons. The van der Waals surface area contributed by atoms with Crippen LogP contribution in [0.4, 0.5) is 0 Å². The lowest BCUT2D eigenvalue weighted by atomic mass is 10.0. The van der Waals surface area contributed by atoms with Crippen molar-refractivity contribution in [3.8, 4) is 0 Å². The first-order valence-corrected chi connectivity index (χ1v) is 35.0. The van der Waals surface area contributed by atoms with Crippen LogP contribution in [0.25, 0.3) is 0 Å². The van der Waals surface area contributed by atoms with E-state index in [2.05, 4.69) is 130 Å². The van der Waals surface area contributed by atoms with Gasteiger partial charge >= 0.3 is 17.9 Å². The molecule has 1 unspecified atom stereocenters. The molecule has 0 N–H and O–H groups in total. The molecule has 1 atom stereocenters. The number of ether oxygens (including phenoxy) is 3. The van der Waals surface area contributed by atoms with Crippen molar-refractivity contribution in [2.45, 2.75) is 335 Å². The van der Waals surface area contributed by atoms with Crippen LogP contribution in [0, 0.1) is 0 Å². The Balaban J connectivity index is 4.31. The van der Waals surface area contributed by atoms with Gasteiger partial charge in [0.1, 0.15) is 13.2 Å².